The van der Waals surface area contributed by atoms with Gasteiger partial charge < -0.3 is 0 Å². The average Bonchev–Trinajstić information content (AvgIpc) is 3.05. The maximum absolute atomic E-state index is 13.2. The van der Waals surface area contributed by atoms with Gasteiger partial charge in [0.25, 0.3) is 0 Å². The molecule has 0 bridgehead atoms. The van der Waals surface area contributed by atoms with Crippen LogP contribution in [0.25, 0.3) is 5.69 Å². The molecule has 2 aromatic heterocycles. The van der Waals surface area contributed by atoms with Crippen LogP contribution in [0, 0.1) is 12.7 Å². The van der Waals surface area contributed by atoms with Crippen molar-refractivity contribution in [1.29, 1.82) is 0 Å². The van der Waals surface area contributed by atoms with Gasteiger partial charge in [0.05, 0.1) is 11.4 Å². The summed E-state index contributed by atoms with van der Waals surface area (Å²) in [4.78, 5) is 4.21. The first-order valence-electron chi connectivity index (χ1n) is 6.03. The highest BCUT2D eigenvalue weighted by molar-refractivity contribution is 7.98. The number of rotatable bonds is 4. The van der Waals surface area contributed by atoms with Gasteiger partial charge in [-0.25, -0.2) is 14.1 Å². The number of nitrogens with one attached hydrogen (secondary N) is 1. The Labute approximate surface area is 119 Å². The predicted molar refractivity (Wildman–Crippen MR) is 74.2 cm³/mol. The van der Waals surface area contributed by atoms with Crippen LogP contribution in [0.1, 0.15) is 11.5 Å². The summed E-state index contributed by atoms with van der Waals surface area (Å²) >= 11 is 1.50. The molecule has 3 aromatic rings. The number of aryl methyl sites for hydroxylation is 1. The second-order valence-corrected chi connectivity index (χ2v) is 5.17. The van der Waals surface area contributed by atoms with Gasteiger partial charge in [0.2, 0.25) is 5.16 Å². The number of aromatic nitrogens is 5. The molecule has 0 atom stereocenters. The van der Waals surface area contributed by atoms with Gasteiger partial charge in [-0.15, -0.1) is 5.10 Å². The molecule has 0 aliphatic heterocycles. The summed E-state index contributed by atoms with van der Waals surface area (Å²) in [6.45, 7) is 1.86. The molecule has 0 aliphatic rings. The Hall–Kier alpha value is -2.15. The van der Waals surface area contributed by atoms with Crippen LogP contribution in [0.2, 0.25) is 0 Å². The highest BCUT2D eigenvalue weighted by atomic mass is 32.2. The predicted octanol–water partition coefficient (Wildman–Crippen LogP) is 2.73. The third kappa shape index (κ3) is 2.88. The van der Waals surface area contributed by atoms with E-state index in [4.69, 9.17) is 0 Å². The number of hydrogen-bond donors (Lipinski definition) is 1. The van der Waals surface area contributed by atoms with Crippen molar-refractivity contribution in [3.8, 4) is 5.69 Å². The van der Waals surface area contributed by atoms with Crippen LogP contribution in [0.5, 0.6) is 0 Å². The quantitative estimate of drug-likeness (QED) is 0.750. The standard InChI is InChI=1S/C13H12FN5S/c1-9-15-13(17-16-9)20-8-11-5-6-19(18-11)12-4-2-3-10(14)7-12/h2-7H,8H2,1H3,(H,15,16,17). The van der Waals surface area contributed by atoms with E-state index in [0.717, 1.165) is 11.5 Å². The van der Waals surface area contributed by atoms with Crippen molar-refractivity contribution < 1.29 is 4.39 Å². The molecule has 5 nitrogen and oxygen atoms in total. The first-order valence-corrected chi connectivity index (χ1v) is 7.01. The third-order valence-electron chi connectivity index (χ3n) is 2.64. The first kappa shape index (κ1) is 12.9. The van der Waals surface area contributed by atoms with Crippen LogP contribution in [0.4, 0.5) is 4.39 Å². The topological polar surface area (TPSA) is 59.4 Å². The van der Waals surface area contributed by atoms with Crippen LogP contribution in [-0.2, 0) is 5.75 Å². The lowest BCUT2D eigenvalue weighted by Crippen LogP contribution is -1.96. The van der Waals surface area contributed by atoms with E-state index >= 15 is 0 Å². The van der Waals surface area contributed by atoms with Crippen LogP contribution in [0.15, 0.2) is 41.7 Å². The molecule has 0 saturated carbocycles. The molecule has 0 saturated heterocycles. The van der Waals surface area contributed by atoms with Gasteiger partial charge in [-0.05, 0) is 31.2 Å². The van der Waals surface area contributed by atoms with Crippen molar-refractivity contribution in [2.24, 2.45) is 0 Å². The molecule has 1 N–H and O–H groups in total. The Morgan fingerprint density at radius 3 is 3.00 bits per heavy atom. The fraction of sp³-hybridized carbons (Fsp3) is 0.154. The number of benzene rings is 1. The summed E-state index contributed by atoms with van der Waals surface area (Å²) < 4.78 is 14.8. The average molecular weight is 289 g/mol. The van der Waals surface area contributed by atoms with Crippen molar-refractivity contribution in [1.82, 2.24) is 25.0 Å². The molecule has 0 radical (unpaired) electrons. The van der Waals surface area contributed by atoms with Crippen molar-refractivity contribution in [2.75, 3.05) is 0 Å². The fourth-order valence-electron chi connectivity index (χ4n) is 1.73. The Kier molecular flexibility index (Phi) is 3.51. The Balaban J connectivity index is 1.70. The Bertz CT molecular complexity index is 721. The lowest BCUT2D eigenvalue weighted by atomic mass is 10.3. The van der Waals surface area contributed by atoms with Gasteiger partial charge in [0.15, 0.2) is 0 Å². The maximum Gasteiger partial charge on any atom is 0.208 e. The molecule has 0 unspecified atom stereocenters. The number of nitrogens with zero attached hydrogens (tertiary/aromatic N) is 4. The summed E-state index contributed by atoms with van der Waals surface area (Å²) in [6, 6.07) is 8.23. The molecule has 0 aliphatic carbocycles. The zero-order chi connectivity index (χ0) is 13.9. The minimum atomic E-state index is -0.273. The zero-order valence-corrected chi connectivity index (χ0v) is 11.6. The fourth-order valence-corrected chi connectivity index (χ4v) is 2.47. The highest BCUT2D eigenvalue weighted by Crippen LogP contribution is 2.18. The van der Waals surface area contributed by atoms with Crippen LogP contribution in [-0.4, -0.2) is 25.0 Å². The molecule has 7 heteroatoms. The lowest BCUT2D eigenvalue weighted by molar-refractivity contribution is 0.625. The van der Waals surface area contributed by atoms with Crippen LogP contribution >= 0.6 is 11.8 Å². The molecule has 0 spiro atoms. The lowest BCUT2D eigenvalue weighted by Gasteiger charge is -2.00. The van der Waals surface area contributed by atoms with Gasteiger partial charge in [-0.3, -0.25) is 5.10 Å². The highest BCUT2D eigenvalue weighted by Gasteiger charge is 2.05. The molecule has 20 heavy (non-hydrogen) atoms. The second-order valence-electron chi connectivity index (χ2n) is 4.22. The van der Waals surface area contributed by atoms with Gasteiger partial charge in [-0.1, -0.05) is 17.8 Å². The summed E-state index contributed by atoms with van der Waals surface area (Å²) in [5, 5.41) is 11.9. The Morgan fingerprint density at radius 2 is 2.25 bits per heavy atom. The summed E-state index contributed by atoms with van der Waals surface area (Å²) in [6.07, 6.45) is 1.81. The van der Waals surface area contributed by atoms with E-state index in [0.29, 0.717) is 16.6 Å². The van der Waals surface area contributed by atoms with Gasteiger partial charge >= 0.3 is 0 Å². The van der Waals surface area contributed by atoms with Crippen molar-refractivity contribution in [3.63, 3.8) is 0 Å². The number of aromatic amines is 1. The molecule has 0 amide bonds. The molecule has 3 rings (SSSR count). The molecular weight excluding hydrogens is 277 g/mol. The van der Waals surface area contributed by atoms with E-state index in [9.17, 15) is 4.39 Å². The molecule has 102 valence electrons. The monoisotopic (exact) mass is 289 g/mol. The van der Waals surface area contributed by atoms with Gasteiger partial charge in [-0.2, -0.15) is 5.10 Å². The maximum atomic E-state index is 13.2. The minimum Gasteiger partial charge on any atom is -0.262 e. The van der Waals surface area contributed by atoms with Crippen molar-refractivity contribution in [3.05, 3.63) is 53.9 Å². The third-order valence-corrected chi connectivity index (χ3v) is 3.52. The van der Waals surface area contributed by atoms with E-state index < -0.39 is 0 Å². The first-order chi connectivity index (χ1) is 9.70. The second kappa shape index (κ2) is 5.46. The van der Waals surface area contributed by atoms with E-state index in [2.05, 4.69) is 20.3 Å². The van der Waals surface area contributed by atoms with Gasteiger partial charge in [0, 0.05) is 11.9 Å². The largest absolute Gasteiger partial charge is 0.262 e. The minimum absolute atomic E-state index is 0.273. The van der Waals surface area contributed by atoms with Crippen molar-refractivity contribution in [2.45, 2.75) is 17.8 Å². The van der Waals surface area contributed by atoms with Crippen LogP contribution < -0.4 is 0 Å². The summed E-state index contributed by atoms with van der Waals surface area (Å²) in [5.41, 5.74) is 1.59. The molecule has 2 heterocycles. The van der Waals surface area contributed by atoms with E-state index in [1.165, 1.54) is 23.9 Å². The van der Waals surface area contributed by atoms with Crippen molar-refractivity contribution >= 4 is 11.8 Å². The summed E-state index contributed by atoms with van der Waals surface area (Å²) in [7, 11) is 0. The van der Waals surface area contributed by atoms with E-state index in [1.54, 1.807) is 10.7 Å². The zero-order valence-electron chi connectivity index (χ0n) is 10.7. The normalized spacial score (nSPS) is 10.9. The molecule has 1 aromatic carbocycles. The van der Waals surface area contributed by atoms with E-state index in [1.807, 2.05) is 25.3 Å². The Morgan fingerprint density at radius 1 is 1.35 bits per heavy atom. The number of hydrogen-bond acceptors (Lipinski definition) is 4. The van der Waals surface area contributed by atoms with Gasteiger partial charge in [0.1, 0.15) is 11.6 Å². The smallest absolute Gasteiger partial charge is 0.208 e. The number of thioether (sulfide) groups is 1. The SMILES string of the molecule is Cc1nc(SCc2ccn(-c3cccc(F)c3)n2)n[nH]1. The summed E-state index contributed by atoms with van der Waals surface area (Å²) in [5.74, 6) is 1.18. The number of halogens is 1. The molecular formula is C13H12FN5S. The van der Waals surface area contributed by atoms with E-state index in [-0.39, 0.29) is 5.82 Å². The molecule has 0 fully saturated rings. The van der Waals surface area contributed by atoms with Crippen LogP contribution in [0.3, 0.4) is 0 Å². The number of H-pyrrole nitrogens is 1.